The minimum atomic E-state index is -0.435. The summed E-state index contributed by atoms with van der Waals surface area (Å²) in [7, 11) is 0. The van der Waals surface area contributed by atoms with Crippen LogP contribution in [0.5, 0.6) is 0 Å². The van der Waals surface area contributed by atoms with Gasteiger partial charge in [-0.2, -0.15) is 10.4 Å². The van der Waals surface area contributed by atoms with Gasteiger partial charge in [-0.25, -0.2) is 0 Å². The SMILES string of the molecule is C[C@]12CC[C@H]3[C@@H](CCC45CC4[C@](C)(O)CC[C@H]35)[C@@H]1CC[C@@H]2C(=O)Cn1cc(C#N)cn1. The third-order valence-corrected chi connectivity index (χ3v) is 11.0. The highest BCUT2D eigenvalue weighted by Crippen LogP contribution is 2.76. The van der Waals surface area contributed by atoms with Crippen molar-refractivity contribution in [2.24, 2.45) is 46.3 Å². The number of hydrogen-bond acceptors (Lipinski definition) is 4. The number of rotatable bonds is 3. The minimum absolute atomic E-state index is 0.122. The van der Waals surface area contributed by atoms with Gasteiger partial charge in [0.05, 0.1) is 23.9 Å². The van der Waals surface area contributed by atoms with E-state index in [1.807, 2.05) is 0 Å². The van der Waals surface area contributed by atoms with Gasteiger partial charge in [0.15, 0.2) is 5.78 Å². The van der Waals surface area contributed by atoms with Crippen molar-refractivity contribution < 1.29 is 9.90 Å². The highest BCUT2D eigenvalue weighted by molar-refractivity contribution is 5.82. The molecule has 5 aliphatic carbocycles. The molecule has 5 heteroatoms. The molecule has 166 valence electrons. The maximum Gasteiger partial charge on any atom is 0.157 e. The predicted molar refractivity (Wildman–Crippen MR) is 116 cm³/mol. The molecule has 2 unspecified atom stereocenters. The van der Waals surface area contributed by atoms with E-state index < -0.39 is 5.60 Å². The minimum Gasteiger partial charge on any atom is -0.390 e. The molecule has 0 aromatic carbocycles. The summed E-state index contributed by atoms with van der Waals surface area (Å²) in [4.78, 5) is 13.3. The Bertz CT molecular complexity index is 960. The zero-order valence-electron chi connectivity index (χ0n) is 18.9. The van der Waals surface area contributed by atoms with E-state index in [0.29, 0.717) is 35.1 Å². The number of Topliss-reactive ketones (excluding diaryl/α,β-unsaturated/α-hetero) is 1. The summed E-state index contributed by atoms with van der Waals surface area (Å²) in [6.45, 7) is 4.79. The molecular formula is C26H35N3O2. The number of nitrogens with zero attached hydrogens (tertiary/aromatic N) is 3. The fourth-order valence-electron chi connectivity index (χ4n) is 9.56. The summed E-state index contributed by atoms with van der Waals surface area (Å²) in [6.07, 6.45) is 13.9. The van der Waals surface area contributed by atoms with Gasteiger partial charge in [-0.15, -0.1) is 0 Å². The first-order valence-electron chi connectivity index (χ1n) is 12.5. The van der Waals surface area contributed by atoms with Crippen LogP contribution in [0.25, 0.3) is 0 Å². The molecule has 0 amide bonds. The van der Waals surface area contributed by atoms with E-state index in [1.165, 1.54) is 44.9 Å². The van der Waals surface area contributed by atoms with Crippen LogP contribution < -0.4 is 0 Å². The molecule has 5 nitrogen and oxygen atoms in total. The predicted octanol–water partition coefficient (Wildman–Crippen LogP) is 4.34. The third kappa shape index (κ3) is 2.70. The maximum absolute atomic E-state index is 13.3. The van der Waals surface area contributed by atoms with Crippen LogP contribution in [0.2, 0.25) is 0 Å². The molecule has 1 spiro atoms. The number of carbonyl (C=O) groups excluding carboxylic acids is 1. The summed E-state index contributed by atoms with van der Waals surface area (Å²) in [5, 5.41) is 24.1. The fraction of sp³-hybridized carbons (Fsp3) is 0.808. The number of fused-ring (bicyclic) bond motifs is 4. The Balaban J connectivity index is 1.20. The first-order valence-corrected chi connectivity index (χ1v) is 12.5. The number of hydrogen-bond donors (Lipinski definition) is 1. The monoisotopic (exact) mass is 421 g/mol. The second-order valence-electron chi connectivity index (χ2n) is 12.1. The van der Waals surface area contributed by atoms with E-state index in [4.69, 9.17) is 5.26 Å². The second-order valence-corrected chi connectivity index (χ2v) is 12.1. The van der Waals surface area contributed by atoms with E-state index >= 15 is 0 Å². The van der Waals surface area contributed by atoms with Gasteiger partial charge < -0.3 is 5.11 Å². The molecule has 1 N–H and O–H groups in total. The first kappa shape index (κ1) is 20.0. The van der Waals surface area contributed by atoms with Crippen LogP contribution in [-0.4, -0.2) is 26.3 Å². The Labute approximate surface area is 185 Å². The van der Waals surface area contributed by atoms with Gasteiger partial charge >= 0.3 is 0 Å². The lowest BCUT2D eigenvalue weighted by atomic mass is 9.48. The smallest absolute Gasteiger partial charge is 0.157 e. The van der Waals surface area contributed by atoms with Gasteiger partial charge in [0.25, 0.3) is 0 Å². The van der Waals surface area contributed by atoms with Crippen LogP contribution in [0.3, 0.4) is 0 Å². The van der Waals surface area contributed by atoms with Crippen molar-refractivity contribution in [1.29, 1.82) is 5.26 Å². The Hall–Kier alpha value is -1.67. The molecule has 9 atom stereocenters. The van der Waals surface area contributed by atoms with Gasteiger partial charge in [0.2, 0.25) is 0 Å². The molecule has 6 rings (SSSR count). The van der Waals surface area contributed by atoms with Gasteiger partial charge in [0.1, 0.15) is 6.07 Å². The summed E-state index contributed by atoms with van der Waals surface area (Å²) in [6, 6.07) is 2.10. The van der Waals surface area contributed by atoms with Crippen molar-refractivity contribution in [3.63, 3.8) is 0 Å². The van der Waals surface area contributed by atoms with E-state index in [0.717, 1.165) is 30.6 Å². The standard InChI is InChI=1S/C26H35N3O2/c1-24-8-5-18-17(6-10-26-11-23(26)25(2,31)9-7-20(18)26)19(24)3-4-21(24)22(30)15-29-14-16(12-27)13-28-29/h13-14,17-21,23,31H,3-11,15H2,1-2H3/t17-,18+,19+,20-,21-,23?,24+,25-,26?/m1/s1. The third-order valence-electron chi connectivity index (χ3n) is 11.0. The summed E-state index contributed by atoms with van der Waals surface area (Å²) in [5.41, 5.74) is 0.653. The van der Waals surface area contributed by atoms with E-state index in [1.54, 1.807) is 17.1 Å². The van der Waals surface area contributed by atoms with E-state index in [9.17, 15) is 9.90 Å². The largest absolute Gasteiger partial charge is 0.390 e. The molecule has 5 aliphatic rings. The Morgan fingerprint density at radius 3 is 2.71 bits per heavy atom. The molecule has 1 aromatic heterocycles. The lowest BCUT2D eigenvalue weighted by Crippen LogP contribution is -2.52. The van der Waals surface area contributed by atoms with Gasteiger partial charge in [-0.05, 0) is 105 Å². The number of aliphatic hydroxyl groups is 1. The highest BCUT2D eigenvalue weighted by Gasteiger charge is 2.71. The van der Waals surface area contributed by atoms with Crippen LogP contribution in [0.4, 0.5) is 0 Å². The fourth-order valence-corrected chi connectivity index (χ4v) is 9.56. The Kier molecular flexibility index (Phi) is 4.15. The Morgan fingerprint density at radius 1 is 1.16 bits per heavy atom. The number of ketones is 1. The summed E-state index contributed by atoms with van der Waals surface area (Å²) < 4.78 is 1.65. The molecule has 0 saturated heterocycles. The molecule has 5 saturated carbocycles. The van der Waals surface area contributed by atoms with Crippen LogP contribution in [0, 0.1) is 57.7 Å². The average Bonchev–Trinajstić information content (AvgIpc) is 3.13. The van der Waals surface area contributed by atoms with Crippen molar-refractivity contribution in [1.82, 2.24) is 9.78 Å². The van der Waals surface area contributed by atoms with E-state index in [-0.39, 0.29) is 11.3 Å². The molecule has 1 aromatic rings. The van der Waals surface area contributed by atoms with Gasteiger partial charge in [0, 0.05) is 12.1 Å². The number of nitriles is 1. The number of aromatic nitrogens is 2. The average molecular weight is 422 g/mol. The Morgan fingerprint density at radius 2 is 1.94 bits per heavy atom. The molecule has 1 heterocycles. The van der Waals surface area contributed by atoms with Crippen molar-refractivity contribution in [2.75, 3.05) is 0 Å². The van der Waals surface area contributed by atoms with Gasteiger partial charge in [-0.1, -0.05) is 6.92 Å². The highest BCUT2D eigenvalue weighted by atomic mass is 16.3. The van der Waals surface area contributed by atoms with Crippen molar-refractivity contribution in [3.05, 3.63) is 18.0 Å². The first-order chi connectivity index (χ1) is 14.8. The maximum atomic E-state index is 13.3. The summed E-state index contributed by atoms with van der Waals surface area (Å²) in [5.74, 6) is 4.04. The van der Waals surface area contributed by atoms with Crippen molar-refractivity contribution in [3.8, 4) is 6.07 Å². The van der Waals surface area contributed by atoms with Crippen molar-refractivity contribution >= 4 is 5.78 Å². The topological polar surface area (TPSA) is 78.9 Å². The van der Waals surface area contributed by atoms with Crippen LogP contribution in [0.1, 0.15) is 77.2 Å². The number of carbonyl (C=O) groups is 1. The molecule has 0 bridgehead atoms. The second kappa shape index (κ2) is 6.44. The lowest BCUT2D eigenvalue weighted by molar-refractivity contribution is -0.133. The zero-order chi connectivity index (χ0) is 21.6. The zero-order valence-corrected chi connectivity index (χ0v) is 18.9. The lowest BCUT2D eigenvalue weighted by Gasteiger charge is -2.57. The van der Waals surface area contributed by atoms with Crippen LogP contribution in [0.15, 0.2) is 12.4 Å². The molecule has 5 fully saturated rings. The molecule has 31 heavy (non-hydrogen) atoms. The quantitative estimate of drug-likeness (QED) is 0.787. The van der Waals surface area contributed by atoms with Crippen LogP contribution >= 0.6 is 0 Å². The van der Waals surface area contributed by atoms with Crippen LogP contribution in [-0.2, 0) is 11.3 Å². The molecule has 0 aliphatic heterocycles. The van der Waals surface area contributed by atoms with Crippen molar-refractivity contribution in [2.45, 2.75) is 83.8 Å². The van der Waals surface area contributed by atoms with Gasteiger partial charge in [-0.3, -0.25) is 9.48 Å². The summed E-state index contributed by atoms with van der Waals surface area (Å²) >= 11 is 0. The normalized spacial score (nSPS) is 49.9. The van der Waals surface area contributed by atoms with E-state index in [2.05, 4.69) is 25.0 Å². The molecular weight excluding hydrogens is 386 g/mol. The molecule has 0 radical (unpaired) electrons.